The zero-order valence-corrected chi connectivity index (χ0v) is 21.4. The molecule has 198 valence electrons. The minimum atomic E-state index is -5.08. The number of alkyl halides is 3. The van der Waals surface area contributed by atoms with Crippen molar-refractivity contribution in [3.63, 3.8) is 0 Å². The smallest absolute Gasteiger partial charge is 0.487 e. The lowest BCUT2D eigenvalue weighted by Gasteiger charge is -2.47. The maximum Gasteiger partial charge on any atom is 0.490 e. The molecule has 36 heavy (non-hydrogen) atoms. The van der Waals surface area contributed by atoms with E-state index in [1.807, 2.05) is 11.0 Å². The van der Waals surface area contributed by atoms with Crippen LogP contribution in [0.2, 0.25) is 0 Å². The Hall–Kier alpha value is -2.59. The normalized spacial score (nSPS) is 19.0. The van der Waals surface area contributed by atoms with Gasteiger partial charge in [0.05, 0.1) is 0 Å². The number of halogens is 3. The number of piperidine rings is 1. The molecule has 0 radical (unpaired) electrons. The van der Waals surface area contributed by atoms with Crippen LogP contribution in [0.5, 0.6) is 5.75 Å². The molecule has 4 rings (SSSR count). The van der Waals surface area contributed by atoms with Crippen LogP contribution in [0.3, 0.4) is 0 Å². The Morgan fingerprint density at radius 2 is 1.81 bits per heavy atom. The van der Waals surface area contributed by atoms with Crippen LogP contribution in [0.15, 0.2) is 41.1 Å². The fourth-order valence-corrected chi connectivity index (χ4v) is 5.57. The molecule has 1 aromatic carbocycles. The lowest BCUT2D eigenvalue weighted by molar-refractivity contribution is -0.192. The molecule has 2 aliphatic rings. The van der Waals surface area contributed by atoms with Crippen LogP contribution >= 0.6 is 11.3 Å². The molecule has 1 unspecified atom stereocenters. The molecule has 0 aliphatic carbocycles. The lowest BCUT2D eigenvalue weighted by Crippen LogP contribution is -2.50. The monoisotopic (exact) mass is 526 g/mol. The van der Waals surface area contributed by atoms with E-state index in [1.165, 1.54) is 11.1 Å². The van der Waals surface area contributed by atoms with E-state index in [0.29, 0.717) is 6.42 Å². The van der Waals surface area contributed by atoms with E-state index in [0.717, 1.165) is 57.7 Å². The van der Waals surface area contributed by atoms with Crippen LogP contribution in [-0.4, -0.2) is 64.7 Å². The Morgan fingerprint density at radius 3 is 2.36 bits per heavy atom. The van der Waals surface area contributed by atoms with Gasteiger partial charge in [0.1, 0.15) is 11.4 Å². The summed E-state index contributed by atoms with van der Waals surface area (Å²) >= 11 is 1.77. The summed E-state index contributed by atoms with van der Waals surface area (Å²) in [5.74, 6) is -1.26. The number of para-hydroxylation sites is 1. The number of fused-ring (bicyclic) bond motifs is 1. The predicted octanol–water partition coefficient (Wildman–Crippen LogP) is 5.54. The average Bonchev–Trinajstić information content (AvgIpc) is 3.34. The SMILES string of the molecule is CCN(CC)C(=O)CC1CC2(CCN(Cc3ccsc3)CC2)Oc2ccccc21.O=C(O)C(F)(F)F. The van der Waals surface area contributed by atoms with Gasteiger partial charge in [-0.1, -0.05) is 18.2 Å². The number of ether oxygens (including phenoxy) is 1. The molecule has 1 fully saturated rings. The lowest BCUT2D eigenvalue weighted by atomic mass is 9.76. The van der Waals surface area contributed by atoms with Crippen molar-refractivity contribution in [2.24, 2.45) is 0 Å². The van der Waals surface area contributed by atoms with E-state index in [2.05, 4.69) is 53.8 Å². The molecular weight excluding hydrogens is 493 g/mol. The van der Waals surface area contributed by atoms with Crippen LogP contribution in [0.25, 0.3) is 0 Å². The zero-order valence-electron chi connectivity index (χ0n) is 20.6. The number of nitrogens with zero attached hydrogens (tertiary/aromatic N) is 2. The van der Waals surface area contributed by atoms with Gasteiger partial charge in [0, 0.05) is 45.1 Å². The van der Waals surface area contributed by atoms with Crippen LogP contribution in [0.4, 0.5) is 13.2 Å². The number of thiophene rings is 1. The molecule has 10 heteroatoms. The molecule has 1 N–H and O–H groups in total. The average molecular weight is 527 g/mol. The van der Waals surface area contributed by atoms with Crippen molar-refractivity contribution in [1.82, 2.24) is 9.80 Å². The molecule has 1 spiro atoms. The number of aliphatic carboxylic acids is 1. The predicted molar refractivity (Wildman–Crippen MR) is 132 cm³/mol. The summed E-state index contributed by atoms with van der Waals surface area (Å²) in [7, 11) is 0. The maximum absolute atomic E-state index is 12.9. The Morgan fingerprint density at radius 1 is 1.17 bits per heavy atom. The second-order valence-corrected chi connectivity index (χ2v) is 9.98. The highest BCUT2D eigenvalue weighted by Crippen LogP contribution is 2.46. The van der Waals surface area contributed by atoms with Gasteiger partial charge in [-0.05, 0) is 67.1 Å². The largest absolute Gasteiger partial charge is 0.490 e. The summed E-state index contributed by atoms with van der Waals surface area (Å²) in [6.45, 7) is 8.81. The van der Waals surface area contributed by atoms with E-state index in [9.17, 15) is 18.0 Å². The molecule has 1 aromatic heterocycles. The minimum Gasteiger partial charge on any atom is -0.487 e. The summed E-state index contributed by atoms with van der Waals surface area (Å²) in [6, 6.07) is 10.6. The van der Waals surface area contributed by atoms with Crippen LogP contribution in [-0.2, 0) is 16.1 Å². The molecule has 3 heterocycles. The third kappa shape index (κ3) is 7.22. The van der Waals surface area contributed by atoms with Crippen molar-refractivity contribution in [3.05, 3.63) is 52.2 Å². The summed E-state index contributed by atoms with van der Waals surface area (Å²) in [4.78, 5) is 26.2. The Kier molecular flexibility index (Phi) is 9.41. The van der Waals surface area contributed by atoms with Gasteiger partial charge >= 0.3 is 12.1 Å². The number of amides is 1. The van der Waals surface area contributed by atoms with E-state index in [-0.39, 0.29) is 17.4 Å². The summed E-state index contributed by atoms with van der Waals surface area (Å²) in [5.41, 5.74) is 2.48. The first kappa shape index (κ1) is 28.0. The first-order valence-electron chi connectivity index (χ1n) is 12.2. The molecule has 1 saturated heterocycles. The third-order valence-corrected chi connectivity index (χ3v) is 7.57. The molecule has 1 atom stereocenters. The number of benzene rings is 1. The number of carboxylic acids is 1. The highest BCUT2D eigenvalue weighted by atomic mass is 32.1. The number of carboxylic acid groups (broad SMARTS) is 1. The van der Waals surface area contributed by atoms with Gasteiger partial charge in [-0.3, -0.25) is 9.69 Å². The Bertz CT molecular complexity index is 1000. The van der Waals surface area contributed by atoms with Crippen LogP contribution < -0.4 is 4.74 Å². The van der Waals surface area contributed by atoms with Gasteiger partial charge < -0.3 is 14.7 Å². The second-order valence-electron chi connectivity index (χ2n) is 9.20. The molecule has 6 nitrogen and oxygen atoms in total. The first-order chi connectivity index (χ1) is 17.1. The molecule has 2 aromatic rings. The number of carbonyl (C=O) groups is 2. The molecule has 0 saturated carbocycles. The topological polar surface area (TPSA) is 70.1 Å². The highest BCUT2D eigenvalue weighted by Gasteiger charge is 2.43. The van der Waals surface area contributed by atoms with Gasteiger partial charge in [0.25, 0.3) is 0 Å². The van der Waals surface area contributed by atoms with Crippen molar-refractivity contribution < 1.29 is 32.6 Å². The summed E-state index contributed by atoms with van der Waals surface area (Å²) in [6.07, 6.45) is -1.49. The quantitative estimate of drug-likeness (QED) is 0.535. The second kappa shape index (κ2) is 12.1. The van der Waals surface area contributed by atoms with E-state index < -0.39 is 12.1 Å². The molecule has 2 aliphatic heterocycles. The van der Waals surface area contributed by atoms with E-state index in [1.54, 1.807) is 11.3 Å². The number of hydrogen-bond acceptors (Lipinski definition) is 5. The number of likely N-dealkylation sites (tertiary alicyclic amines) is 1. The third-order valence-electron chi connectivity index (χ3n) is 6.84. The van der Waals surface area contributed by atoms with Gasteiger partial charge in [-0.25, -0.2) is 4.79 Å². The fraction of sp³-hybridized carbons (Fsp3) is 0.538. The molecule has 1 amide bonds. The van der Waals surface area contributed by atoms with Gasteiger partial charge in [-0.2, -0.15) is 24.5 Å². The Balaban J connectivity index is 0.000000454. The standard InChI is InChI=1S/C24H32N2O2S.C2HF3O2/c1-3-26(4-2)23(27)15-20-16-24(28-22-8-6-5-7-21(20)22)10-12-25(13-11-24)17-19-9-14-29-18-19;3-2(4,5)1(6)7/h5-9,14,18,20H,3-4,10-13,15-17H2,1-2H3;(H,6,7). The summed E-state index contributed by atoms with van der Waals surface area (Å²) < 4.78 is 38.4. The number of carbonyl (C=O) groups excluding carboxylic acids is 1. The van der Waals surface area contributed by atoms with Crippen LogP contribution in [0, 0.1) is 0 Å². The van der Waals surface area contributed by atoms with Gasteiger partial charge in [0.15, 0.2) is 0 Å². The van der Waals surface area contributed by atoms with Crippen LogP contribution in [0.1, 0.15) is 56.6 Å². The minimum absolute atomic E-state index is 0.131. The Labute approximate surface area is 213 Å². The van der Waals surface area contributed by atoms with Gasteiger partial charge in [0.2, 0.25) is 5.91 Å². The summed E-state index contributed by atoms with van der Waals surface area (Å²) in [5, 5.41) is 11.5. The number of hydrogen-bond donors (Lipinski definition) is 1. The highest BCUT2D eigenvalue weighted by molar-refractivity contribution is 7.07. The zero-order chi connectivity index (χ0) is 26.3. The molecular formula is C26H33F3N2O4S. The molecule has 0 bridgehead atoms. The van der Waals surface area contributed by atoms with Crippen molar-refractivity contribution >= 4 is 23.2 Å². The van der Waals surface area contributed by atoms with Gasteiger partial charge in [-0.15, -0.1) is 0 Å². The fourth-order valence-electron chi connectivity index (χ4n) is 4.91. The number of rotatable bonds is 6. The first-order valence-corrected chi connectivity index (χ1v) is 13.1. The van der Waals surface area contributed by atoms with Crippen molar-refractivity contribution in [1.29, 1.82) is 0 Å². The van der Waals surface area contributed by atoms with E-state index >= 15 is 0 Å². The van der Waals surface area contributed by atoms with Crippen molar-refractivity contribution in [2.45, 2.75) is 63.8 Å². The van der Waals surface area contributed by atoms with Crippen molar-refractivity contribution in [3.8, 4) is 5.75 Å². The van der Waals surface area contributed by atoms with Crippen molar-refractivity contribution in [2.75, 3.05) is 26.2 Å². The maximum atomic E-state index is 12.9. The van der Waals surface area contributed by atoms with E-state index in [4.69, 9.17) is 14.6 Å².